The van der Waals surface area contributed by atoms with Gasteiger partial charge in [-0.2, -0.15) is 0 Å². The molecule has 1 heterocycles. The normalized spacial score (nSPS) is 11.1. The van der Waals surface area contributed by atoms with E-state index in [4.69, 9.17) is 11.6 Å². The van der Waals surface area contributed by atoms with Gasteiger partial charge in [0.1, 0.15) is 5.02 Å². The van der Waals surface area contributed by atoms with Crippen molar-refractivity contribution in [3.8, 4) is 0 Å². The molecule has 96 valence electrons. The third-order valence-corrected chi connectivity index (χ3v) is 2.66. The van der Waals surface area contributed by atoms with Crippen molar-refractivity contribution in [2.45, 2.75) is 26.8 Å². The van der Waals surface area contributed by atoms with Crippen LogP contribution in [0.1, 0.15) is 20.3 Å². The molecular weight excluding hydrogens is 242 g/mol. The number of aromatic amines is 1. The van der Waals surface area contributed by atoms with Crippen molar-refractivity contribution < 1.29 is 0 Å². The van der Waals surface area contributed by atoms with Crippen LogP contribution in [0.5, 0.6) is 0 Å². The Morgan fingerprint density at radius 2 is 2.12 bits per heavy atom. The molecule has 1 rings (SSSR count). The Balaban J connectivity index is 2.45. The maximum absolute atomic E-state index is 11.4. The second-order valence-electron chi connectivity index (χ2n) is 4.36. The van der Waals surface area contributed by atoms with Crippen LogP contribution in [-0.4, -0.2) is 22.6 Å². The molecule has 17 heavy (non-hydrogen) atoms. The fourth-order valence-corrected chi connectivity index (χ4v) is 1.53. The predicted molar refractivity (Wildman–Crippen MR) is 68.7 cm³/mol. The van der Waals surface area contributed by atoms with E-state index in [-0.39, 0.29) is 5.02 Å². The third-order valence-electron chi connectivity index (χ3n) is 2.40. The zero-order valence-electron chi connectivity index (χ0n) is 10.1. The topological polar surface area (TPSA) is 66.9 Å². The molecule has 6 heteroatoms. The highest BCUT2D eigenvalue weighted by atomic mass is 35.5. The van der Waals surface area contributed by atoms with Gasteiger partial charge >= 0.3 is 5.69 Å². The second-order valence-corrected chi connectivity index (χ2v) is 4.77. The fourth-order valence-electron chi connectivity index (χ4n) is 1.36. The van der Waals surface area contributed by atoms with E-state index in [0.717, 1.165) is 13.0 Å². The number of rotatable bonds is 6. The maximum atomic E-state index is 11.4. The van der Waals surface area contributed by atoms with E-state index >= 15 is 0 Å². The highest BCUT2D eigenvalue weighted by Crippen LogP contribution is 1.97. The SMILES string of the molecule is CC(C)CCNCCn1cc(Cl)c(=O)[nH]c1=O. The summed E-state index contributed by atoms with van der Waals surface area (Å²) in [6.45, 7) is 6.41. The summed E-state index contributed by atoms with van der Waals surface area (Å²) in [6, 6.07) is 0. The lowest BCUT2D eigenvalue weighted by atomic mass is 10.1. The van der Waals surface area contributed by atoms with Crippen molar-refractivity contribution in [2.75, 3.05) is 13.1 Å². The van der Waals surface area contributed by atoms with Gasteiger partial charge in [-0.15, -0.1) is 0 Å². The first-order chi connectivity index (χ1) is 8.00. The first-order valence-corrected chi connectivity index (χ1v) is 6.08. The molecule has 0 aromatic carbocycles. The molecule has 0 saturated carbocycles. The number of halogens is 1. The highest BCUT2D eigenvalue weighted by molar-refractivity contribution is 6.30. The van der Waals surface area contributed by atoms with Crippen LogP contribution in [0.25, 0.3) is 0 Å². The van der Waals surface area contributed by atoms with Crippen molar-refractivity contribution in [2.24, 2.45) is 5.92 Å². The van der Waals surface area contributed by atoms with Crippen LogP contribution < -0.4 is 16.6 Å². The molecule has 0 spiro atoms. The number of nitrogens with zero attached hydrogens (tertiary/aromatic N) is 1. The van der Waals surface area contributed by atoms with Crippen molar-refractivity contribution in [1.82, 2.24) is 14.9 Å². The molecule has 5 nitrogen and oxygen atoms in total. The second kappa shape index (κ2) is 6.61. The Morgan fingerprint density at radius 1 is 1.41 bits per heavy atom. The van der Waals surface area contributed by atoms with Crippen LogP contribution in [0, 0.1) is 5.92 Å². The molecule has 0 atom stereocenters. The average Bonchev–Trinajstić information content (AvgIpc) is 2.24. The quantitative estimate of drug-likeness (QED) is 0.744. The van der Waals surface area contributed by atoms with Gasteiger partial charge in [-0.1, -0.05) is 25.4 Å². The molecule has 0 aliphatic heterocycles. The van der Waals surface area contributed by atoms with Crippen LogP contribution in [0.15, 0.2) is 15.8 Å². The van der Waals surface area contributed by atoms with Crippen molar-refractivity contribution >= 4 is 11.6 Å². The van der Waals surface area contributed by atoms with Crippen LogP contribution in [0.2, 0.25) is 5.02 Å². The zero-order valence-corrected chi connectivity index (χ0v) is 10.9. The van der Waals surface area contributed by atoms with Gasteiger partial charge in [-0.05, 0) is 18.9 Å². The van der Waals surface area contributed by atoms with E-state index in [0.29, 0.717) is 19.0 Å². The molecule has 0 bridgehead atoms. The number of H-pyrrole nitrogens is 1. The lowest BCUT2D eigenvalue weighted by molar-refractivity contribution is 0.513. The van der Waals surface area contributed by atoms with Crippen LogP contribution in [0.3, 0.4) is 0 Å². The zero-order chi connectivity index (χ0) is 12.8. The monoisotopic (exact) mass is 259 g/mol. The minimum absolute atomic E-state index is 0.0341. The summed E-state index contributed by atoms with van der Waals surface area (Å²) in [5.41, 5.74) is -0.967. The molecular formula is C11H18ClN3O2. The summed E-state index contributed by atoms with van der Waals surface area (Å²) < 4.78 is 1.39. The Morgan fingerprint density at radius 3 is 2.76 bits per heavy atom. The van der Waals surface area contributed by atoms with E-state index in [1.807, 2.05) is 0 Å². The van der Waals surface area contributed by atoms with Gasteiger partial charge in [0.05, 0.1) is 0 Å². The summed E-state index contributed by atoms with van der Waals surface area (Å²) >= 11 is 5.64. The highest BCUT2D eigenvalue weighted by Gasteiger charge is 2.01. The molecule has 0 unspecified atom stereocenters. The predicted octanol–water partition coefficient (Wildman–Crippen LogP) is 0.826. The molecule has 0 aliphatic rings. The van der Waals surface area contributed by atoms with Crippen LogP contribution in [-0.2, 0) is 6.54 Å². The molecule has 0 aliphatic carbocycles. The summed E-state index contributed by atoms with van der Waals surface area (Å²) in [5.74, 6) is 0.660. The largest absolute Gasteiger partial charge is 0.328 e. The fraction of sp³-hybridized carbons (Fsp3) is 0.636. The van der Waals surface area contributed by atoms with Crippen molar-refractivity contribution in [1.29, 1.82) is 0 Å². The van der Waals surface area contributed by atoms with E-state index in [1.54, 1.807) is 0 Å². The lowest BCUT2D eigenvalue weighted by Crippen LogP contribution is -2.33. The smallest absolute Gasteiger partial charge is 0.315 e. The summed E-state index contributed by atoms with van der Waals surface area (Å²) in [4.78, 5) is 24.6. The Kier molecular flexibility index (Phi) is 5.44. The Labute approximate surface area is 105 Å². The van der Waals surface area contributed by atoms with Gasteiger partial charge in [-0.25, -0.2) is 4.79 Å². The molecule has 2 N–H and O–H groups in total. The third kappa shape index (κ3) is 4.75. The maximum Gasteiger partial charge on any atom is 0.328 e. The molecule has 0 saturated heterocycles. The van der Waals surface area contributed by atoms with Crippen LogP contribution in [0.4, 0.5) is 0 Å². The number of nitrogens with one attached hydrogen (secondary N) is 2. The summed E-state index contributed by atoms with van der Waals surface area (Å²) in [7, 11) is 0. The number of hydrogen-bond donors (Lipinski definition) is 2. The summed E-state index contributed by atoms with van der Waals surface area (Å²) in [6.07, 6.45) is 2.47. The molecule has 0 fully saturated rings. The minimum Gasteiger partial charge on any atom is -0.315 e. The van der Waals surface area contributed by atoms with Gasteiger partial charge in [0.2, 0.25) is 0 Å². The summed E-state index contributed by atoms with van der Waals surface area (Å²) in [5, 5.41) is 3.27. The molecule has 0 amide bonds. The standard InChI is InChI=1S/C11H18ClN3O2/c1-8(2)3-4-13-5-6-15-7-9(12)10(16)14-11(15)17/h7-8,13H,3-6H2,1-2H3,(H,14,16,17). The Bertz CT molecular complexity index is 465. The average molecular weight is 260 g/mol. The Hall–Kier alpha value is -1.07. The first-order valence-electron chi connectivity index (χ1n) is 5.70. The van der Waals surface area contributed by atoms with Gasteiger partial charge < -0.3 is 5.32 Å². The number of hydrogen-bond acceptors (Lipinski definition) is 3. The van der Waals surface area contributed by atoms with Crippen LogP contribution >= 0.6 is 11.6 Å². The van der Waals surface area contributed by atoms with Gasteiger partial charge in [0.25, 0.3) is 5.56 Å². The lowest BCUT2D eigenvalue weighted by Gasteiger charge is -2.08. The van der Waals surface area contributed by atoms with E-state index in [2.05, 4.69) is 24.1 Å². The van der Waals surface area contributed by atoms with E-state index < -0.39 is 11.2 Å². The molecule has 0 radical (unpaired) electrons. The van der Waals surface area contributed by atoms with Crippen molar-refractivity contribution in [3.05, 3.63) is 32.1 Å². The minimum atomic E-state index is -0.541. The molecule has 1 aromatic rings. The number of aromatic nitrogens is 2. The van der Waals surface area contributed by atoms with Crippen molar-refractivity contribution in [3.63, 3.8) is 0 Å². The molecule has 1 aromatic heterocycles. The first kappa shape index (κ1) is 14.0. The van der Waals surface area contributed by atoms with E-state index in [1.165, 1.54) is 10.8 Å². The van der Waals surface area contributed by atoms with E-state index in [9.17, 15) is 9.59 Å². The van der Waals surface area contributed by atoms with Gasteiger partial charge in [-0.3, -0.25) is 14.3 Å². The van der Waals surface area contributed by atoms with Gasteiger partial charge in [0, 0.05) is 19.3 Å². The van der Waals surface area contributed by atoms with Gasteiger partial charge in [0.15, 0.2) is 0 Å².